The number of nitrogens with zero attached hydrogens (tertiary/aromatic N) is 1. The zero-order valence-corrected chi connectivity index (χ0v) is 9.75. The summed E-state index contributed by atoms with van der Waals surface area (Å²) in [6.45, 7) is 1.82. The maximum Gasteiger partial charge on any atom is 0.335 e. The number of rotatable bonds is 1. The molecule has 0 radical (unpaired) electrons. The van der Waals surface area contributed by atoms with Crippen LogP contribution in [0.2, 0.25) is 0 Å². The molecule has 0 bridgehead atoms. The molecule has 0 aromatic heterocycles. The standard InChI is InChI=1S/C11H11NO3S/c1-6-10(13)12(2)8-4-3-7(11(14)15)5-9(8)16-6/h3-6H,1-2H3,(H,14,15). The lowest BCUT2D eigenvalue weighted by molar-refractivity contribution is -0.117. The summed E-state index contributed by atoms with van der Waals surface area (Å²) in [6.07, 6.45) is 0. The van der Waals surface area contributed by atoms with Crippen molar-refractivity contribution in [3.8, 4) is 0 Å². The van der Waals surface area contributed by atoms with Crippen LogP contribution in [0.15, 0.2) is 23.1 Å². The van der Waals surface area contributed by atoms with Crippen molar-refractivity contribution >= 4 is 29.3 Å². The molecule has 1 heterocycles. The molecular formula is C11H11NO3S. The highest BCUT2D eigenvalue weighted by Gasteiger charge is 2.28. The third-order valence-corrected chi connectivity index (χ3v) is 3.69. The molecule has 1 unspecified atom stereocenters. The number of fused-ring (bicyclic) bond motifs is 1. The van der Waals surface area contributed by atoms with E-state index in [1.54, 1.807) is 24.1 Å². The van der Waals surface area contributed by atoms with Crippen molar-refractivity contribution in [2.45, 2.75) is 17.1 Å². The second-order valence-electron chi connectivity index (χ2n) is 3.64. The van der Waals surface area contributed by atoms with E-state index in [2.05, 4.69) is 0 Å². The lowest BCUT2D eigenvalue weighted by Gasteiger charge is -2.29. The molecule has 1 aliphatic heterocycles. The van der Waals surface area contributed by atoms with Crippen LogP contribution in [-0.2, 0) is 4.79 Å². The van der Waals surface area contributed by atoms with Gasteiger partial charge in [0.1, 0.15) is 0 Å². The first kappa shape index (κ1) is 11.0. The third kappa shape index (κ3) is 1.67. The Kier molecular flexibility index (Phi) is 2.63. The van der Waals surface area contributed by atoms with Gasteiger partial charge in [0.15, 0.2) is 0 Å². The largest absolute Gasteiger partial charge is 0.478 e. The van der Waals surface area contributed by atoms with Crippen molar-refractivity contribution in [1.29, 1.82) is 0 Å². The summed E-state index contributed by atoms with van der Waals surface area (Å²) in [4.78, 5) is 24.9. The summed E-state index contributed by atoms with van der Waals surface area (Å²) < 4.78 is 0. The van der Waals surface area contributed by atoms with Gasteiger partial charge in [-0.15, -0.1) is 11.8 Å². The van der Waals surface area contributed by atoms with Gasteiger partial charge in [-0.1, -0.05) is 0 Å². The quantitative estimate of drug-likeness (QED) is 0.809. The summed E-state index contributed by atoms with van der Waals surface area (Å²) in [6, 6.07) is 4.80. The first-order chi connectivity index (χ1) is 7.50. The van der Waals surface area contributed by atoms with Gasteiger partial charge >= 0.3 is 5.97 Å². The average molecular weight is 237 g/mol. The van der Waals surface area contributed by atoms with E-state index in [0.29, 0.717) is 0 Å². The molecular weight excluding hydrogens is 226 g/mol. The second-order valence-corrected chi connectivity index (χ2v) is 5.03. The molecule has 0 saturated heterocycles. The summed E-state index contributed by atoms with van der Waals surface area (Å²) in [7, 11) is 1.71. The molecule has 2 rings (SSSR count). The maximum absolute atomic E-state index is 11.7. The van der Waals surface area contributed by atoms with Gasteiger partial charge in [0.05, 0.1) is 16.5 Å². The van der Waals surface area contributed by atoms with Crippen LogP contribution < -0.4 is 4.90 Å². The maximum atomic E-state index is 11.7. The number of hydrogen-bond donors (Lipinski definition) is 1. The summed E-state index contributed by atoms with van der Waals surface area (Å²) >= 11 is 1.40. The third-order valence-electron chi connectivity index (χ3n) is 2.55. The normalized spacial score (nSPS) is 19.5. The zero-order chi connectivity index (χ0) is 11.9. The van der Waals surface area contributed by atoms with E-state index in [-0.39, 0.29) is 16.7 Å². The molecule has 16 heavy (non-hydrogen) atoms. The van der Waals surface area contributed by atoms with Crippen LogP contribution in [-0.4, -0.2) is 29.3 Å². The number of carboxylic acids is 1. The minimum atomic E-state index is -0.949. The van der Waals surface area contributed by atoms with Gasteiger partial charge in [-0.3, -0.25) is 4.79 Å². The van der Waals surface area contributed by atoms with E-state index >= 15 is 0 Å². The van der Waals surface area contributed by atoms with E-state index in [0.717, 1.165) is 10.6 Å². The van der Waals surface area contributed by atoms with Gasteiger partial charge in [-0.2, -0.15) is 0 Å². The lowest BCUT2D eigenvalue weighted by Crippen LogP contribution is -2.36. The SMILES string of the molecule is CC1Sc2cc(C(=O)O)ccc2N(C)C1=O. The van der Waals surface area contributed by atoms with Gasteiger partial charge in [0, 0.05) is 11.9 Å². The predicted molar refractivity (Wildman–Crippen MR) is 62.1 cm³/mol. The Hall–Kier alpha value is -1.49. The minimum absolute atomic E-state index is 0.0422. The van der Waals surface area contributed by atoms with E-state index in [4.69, 9.17) is 5.11 Å². The van der Waals surface area contributed by atoms with Crippen LogP contribution in [0.3, 0.4) is 0 Å². The monoisotopic (exact) mass is 237 g/mol. The first-order valence-corrected chi connectivity index (χ1v) is 5.70. The molecule has 1 amide bonds. The van der Waals surface area contributed by atoms with Crippen molar-refractivity contribution < 1.29 is 14.7 Å². The van der Waals surface area contributed by atoms with Crippen LogP contribution in [0, 0.1) is 0 Å². The van der Waals surface area contributed by atoms with Crippen molar-refractivity contribution in [2.24, 2.45) is 0 Å². The van der Waals surface area contributed by atoms with Crippen LogP contribution in [0.1, 0.15) is 17.3 Å². The van der Waals surface area contributed by atoms with E-state index < -0.39 is 5.97 Å². The highest BCUT2D eigenvalue weighted by atomic mass is 32.2. The number of aromatic carboxylic acids is 1. The van der Waals surface area contributed by atoms with Gasteiger partial charge in [-0.05, 0) is 25.1 Å². The summed E-state index contributed by atoms with van der Waals surface area (Å²) in [5.41, 5.74) is 1.03. The average Bonchev–Trinajstić information content (AvgIpc) is 2.25. The molecule has 1 aliphatic rings. The van der Waals surface area contributed by atoms with E-state index in [1.807, 2.05) is 6.92 Å². The molecule has 1 aromatic carbocycles. The number of anilines is 1. The topological polar surface area (TPSA) is 57.6 Å². The summed E-state index contributed by atoms with van der Waals surface area (Å²) in [5.74, 6) is -0.906. The molecule has 84 valence electrons. The molecule has 0 spiro atoms. The van der Waals surface area contributed by atoms with Crippen molar-refractivity contribution in [2.75, 3.05) is 11.9 Å². The molecule has 0 fully saturated rings. The fraction of sp³-hybridized carbons (Fsp3) is 0.273. The van der Waals surface area contributed by atoms with Crippen molar-refractivity contribution in [3.05, 3.63) is 23.8 Å². The number of thioether (sulfide) groups is 1. The molecule has 0 aliphatic carbocycles. The highest BCUT2D eigenvalue weighted by Crippen LogP contribution is 2.38. The smallest absolute Gasteiger partial charge is 0.335 e. The molecule has 0 saturated carbocycles. The Bertz CT molecular complexity index is 472. The Balaban J connectivity index is 2.49. The Morgan fingerprint density at radius 2 is 2.19 bits per heavy atom. The van der Waals surface area contributed by atoms with Gasteiger partial charge in [-0.25, -0.2) is 4.79 Å². The number of benzene rings is 1. The van der Waals surface area contributed by atoms with Gasteiger partial charge < -0.3 is 10.0 Å². The van der Waals surface area contributed by atoms with Crippen LogP contribution in [0.4, 0.5) is 5.69 Å². The number of amides is 1. The zero-order valence-electron chi connectivity index (χ0n) is 8.93. The van der Waals surface area contributed by atoms with Crippen LogP contribution in [0.5, 0.6) is 0 Å². The number of carbonyl (C=O) groups is 2. The van der Waals surface area contributed by atoms with Crippen molar-refractivity contribution in [1.82, 2.24) is 0 Å². The number of carbonyl (C=O) groups excluding carboxylic acids is 1. The highest BCUT2D eigenvalue weighted by molar-refractivity contribution is 8.01. The summed E-state index contributed by atoms with van der Waals surface area (Å²) in [5, 5.41) is 8.72. The van der Waals surface area contributed by atoms with Crippen molar-refractivity contribution in [3.63, 3.8) is 0 Å². The fourth-order valence-corrected chi connectivity index (χ4v) is 2.81. The Morgan fingerprint density at radius 3 is 2.81 bits per heavy atom. The molecule has 1 aromatic rings. The lowest BCUT2D eigenvalue weighted by atomic mass is 10.2. The second kappa shape index (κ2) is 3.83. The van der Waals surface area contributed by atoms with E-state index in [1.165, 1.54) is 17.8 Å². The molecule has 1 atom stereocenters. The molecule has 4 nitrogen and oxygen atoms in total. The number of carboxylic acid groups (broad SMARTS) is 1. The van der Waals surface area contributed by atoms with E-state index in [9.17, 15) is 9.59 Å². The molecule has 5 heteroatoms. The minimum Gasteiger partial charge on any atom is -0.478 e. The van der Waals surface area contributed by atoms with Crippen LogP contribution in [0.25, 0.3) is 0 Å². The van der Waals surface area contributed by atoms with Gasteiger partial charge in [0.2, 0.25) is 5.91 Å². The van der Waals surface area contributed by atoms with Gasteiger partial charge in [0.25, 0.3) is 0 Å². The fourth-order valence-electron chi connectivity index (χ4n) is 1.65. The Morgan fingerprint density at radius 1 is 1.50 bits per heavy atom. The Labute approximate surface area is 97.3 Å². The molecule has 1 N–H and O–H groups in total. The first-order valence-electron chi connectivity index (χ1n) is 4.82. The number of hydrogen-bond acceptors (Lipinski definition) is 3. The van der Waals surface area contributed by atoms with Crippen LogP contribution >= 0.6 is 11.8 Å². The predicted octanol–water partition coefficient (Wildman–Crippen LogP) is 1.84.